The SMILES string of the molecule is O=S(=O)([O-])[O-].[K+].[Mg+2]. The van der Waals surface area contributed by atoms with E-state index < -0.39 is 10.4 Å². The quantitative estimate of drug-likeness (QED) is 0.202. The van der Waals surface area contributed by atoms with Crippen LogP contribution < -0.4 is 51.4 Å². The van der Waals surface area contributed by atoms with Gasteiger partial charge >= 0.3 is 74.4 Å². The normalized spacial score (nSPS) is 8.29. The number of hydrogen-bond donors (Lipinski definition) is 0. The summed E-state index contributed by atoms with van der Waals surface area (Å²) in [6.07, 6.45) is 0. The monoisotopic (exact) mass is 159 g/mol. The average molecular weight is 159 g/mol. The largest absolute Gasteiger partial charge is 2.00 e. The Balaban J connectivity index is -0.0000000800. The smallest absolute Gasteiger partial charge is 0.759 e. The Bertz CT molecular complexity index is 94.9. The third-order valence-corrected chi connectivity index (χ3v) is 0. The first-order chi connectivity index (χ1) is 2.00. The Morgan fingerprint density at radius 2 is 1.14 bits per heavy atom. The zero-order valence-corrected chi connectivity index (χ0v) is 9.10. The second-order valence-electron chi connectivity index (χ2n) is 0.408. The van der Waals surface area contributed by atoms with Gasteiger partial charge in [0.1, 0.15) is 0 Å². The van der Waals surface area contributed by atoms with Crippen LogP contribution in [0.4, 0.5) is 0 Å². The molecule has 0 aromatic carbocycles. The molecule has 0 amide bonds. The van der Waals surface area contributed by atoms with Gasteiger partial charge in [0.2, 0.25) is 0 Å². The van der Waals surface area contributed by atoms with Gasteiger partial charge in [-0.15, -0.1) is 0 Å². The van der Waals surface area contributed by atoms with E-state index in [2.05, 4.69) is 0 Å². The van der Waals surface area contributed by atoms with E-state index in [-0.39, 0.29) is 74.4 Å². The third kappa shape index (κ3) is 63.0. The van der Waals surface area contributed by atoms with E-state index in [9.17, 15) is 0 Å². The molecule has 7 heteroatoms. The van der Waals surface area contributed by atoms with E-state index in [0.29, 0.717) is 0 Å². The molecule has 32 valence electrons. The van der Waals surface area contributed by atoms with Gasteiger partial charge < -0.3 is 9.11 Å². The van der Waals surface area contributed by atoms with Gasteiger partial charge in [0.05, 0.1) is 0 Å². The van der Waals surface area contributed by atoms with Crippen molar-refractivity contribution < 1.29 is 68.9 Å². The summed E-state index contributed by atoms with van der Waals surface area (Å²) in [5, 5.41) is 0. The van der Waals surface area contributed by atoms with Crippen molar-refractivity contribution in [2.75, 3.05) is 0 Å². The zero-order chi connectivity index (χ0) is 4.50. The van der Waals surface area contributed by atoms with Gasteiger partial charge in [-0.3, -0.25) is 8.42 Å². The van der Waals surface area contributed by atoms with Crippen LogP contribution in [0.2, 0.25) is 0 Å². The molecule has 0 fully saturated rings. The molecular weight excluding hydrogens is 159 g/mol. The molecule has 0 rings (SSSR count). The van der Waals surface area contributed by atoms with E-state index in [4.69, 9.17) is 17.5 Å². The van der Waals surface area contributed by atoms with Crippen molar-refractivity contribution in [2.45, 2.75) is 0 Å². The maximum Gasteiger partial charge on any atom is 2.00 e. The summed E-state index contributed by atoms with van der Waals surface area (Å²) in [7, 11) is -5.17. The first kappa shape index (κ1) is 16.1. The Labute approximate surface area is 100 Å². The van der Waals surface area contributed by atoms with Gasteiger partial charge in [-0.2, -0.15) is 0 Å². The summed E-state index contributed by atoms with van der Waals surface area (Å²) in [5.41, 5.74) is 0. The predicted molar refractivity (Wildman–Crippen MR) is 16.2 cm³/mol. The summed E-state index contributed by atoms with van der Waals surface area (Å²) in [5.74, 6) is 0. The van der Waals surface area contributed by atoms with Crippen LogP contribution in [-0.4, -0.2) is 40.6 Å². The van der Waals surface area contributed by atoms with Crippen LogP contribution in [0.5, 0.6) is 0 Å². The van der Waals surface area contributed by atoms with Crippen molar-refractivity contribution in [3.8, 4) is 0 Å². The summed E-state index contributed by atoms with van der Waals surface area (Å²) in [6, 6.07) is 0. The van der Waals surface area contributed by atoms with E-state index in [1.165, 1.54) is 0 Å². The fraction of sp³-hybridized carbons (Fsp3) is 0. The first-order valence-corrected chi connectivity index (χ1v) is 2.00. The summed E-state index contributed by atoms with van der Waals surface area (Å²) < 4.78 is 34.1. The molecule has 0 N–H and O–H groups in total. The van der Waals surface area contributed by atoms with Crippen LogP contribution in [0.15, 0.2) is 0 Å². The zero-order valence-electron chi connectivity index (χ0n) is 3.75. The molecule has 0 bridgehead atoms. The average Bonchev–Trinajstić information content (AvgIpc) is 0.722. The maximum absolute atomic E-state index is 8.52. The Hall–Kier alpha value is 2.27. The molecule has 0 unspecified atom stereocenters. The van der Waals surface area contributed by atoms with Crippen molar-refractivity contribution in [2.24, 2.45) is 0 Å². The van der Waals surface area contributed by atoms with Gasteiger partial charge in [0.25, 0.3) is 0 Å². The molecule has 0 aliphatic heterocycles. The molecule has 7 heavy (non-hydrogen) atoms. The Kier molecular flexibility index (Phi) is 14.7. The summed E-state index contributed by atoms with van der Waals surface area (Å²) in [6.45, 7) is 0. The van der Waals surface area contributed by atoms with Gasteiger partial charge in [-0.25, -0.2) is 0 Å². The van der Waals surface area contributed by atoms with E-state index >= 15 is 0 Å². The van der Waals surface area contributed by atoms with Crippen LogP contribution in [0.25, 0.3) is 0 Å². The molecule has 0 aliphatic carbocycles. The van der Waals surface area contributed by atoms with Gasteiger partial charge in [0, 0.05) is 10.4 Å². The van der Waals surface area contributed by atoms with Crippen molar-refractivity contribution >= 4 is 33.5 Å². The molecule has 0 aliphatic rings. The van der Waals surface area contributed by atoms with Crippen molar-refractivity contribution in [1.29, 1.82) is 0 Å². The van der Waals surface area contributed by atoms with E-state index in [1.54, 1.807) is 0 Å². The minimum atomic E-state index is -5.17. The molecular formula is KMgO4S+. The minimum Gasteiger partial charge on any atom is -0.759 e. The molecule has 0 atom stereocenters. The van der Waals surface area contributed by atoms with Crippen molar-refractivity contribution in [1.82, 2.24) is 0 Å². The van der Waals surface area contributed by atoms with E-state index in [0.717, 1.165) is 0 Å². The molecule has 0 aromatic heterocycles. The van der Waals surface area contributed by atoms with Gasteiger partial charge in [0.15, 0.2) is 0 Å². The standard InChI is InChI=1S/K.Mg.H2O4S/c;;1-5(2,3)4/h;;(H2,1,2,3,4)/q+1;+2;/p-2. The molecule has 0 saturated carbocycles. The van der Waals surface area contributed by atoms with Gasteiger partial charge in [-0.05, 0) is 0 Å². The van der Waals surface area contributed by atoms with Crippen molar-refractivity contribution in [3.05, 3.63) is 0 Å². The van der Waals surface area contributed by atoms with Crippen LogP contribution in [-0.2, 0) is 10.4 Å². The molecule has 0 aromatic rings. The molecule has 0 spiro atoms. The topological polar surface area (TPSA) is 80.3 Å². The predicted octanol–water partition coefficient (Wildman–Crippen LogP) is -4.71. The molecule has 4 nitrogen and oxygen atoms in total. The molecule has 0 saturated heterocycles. The van der Waals surface area contributed by atoms with Crippen LogP contribution >= 0.6 is 0 Å². The van der Waals surface area contributed by atoms with Crippen molar-refractivity contribution in [3.63, 3.8) is 0 Å². The van der Waals surface area contributed by atoms with Crippen LogP contribution in [0.3, 0.4) is 0 Å². The fourth-order valence-corrected chi connectivity index (χ4v) is 0. The number of hydrogen-bond acceptors (Lipinski definition) is 4. The molecule has 0 heterocycles. The summed E-state index contributed by atoms with van der Waals surface area (Å²) >= 11 is 0. The first-order valence-electron chi connectivity index (χ1n) is 0.667. The third-order valence-electron chi connectivity index (χ3n) is 0. The summed E-state index contributed by atoms with van der Waals surface area (Å²) in [4.78, 5) is 0. The Morgan fingerprint density at radius 3 is 1.14 bits per heavy atom. The second-order valence-corrected chi connectivity index (χ2v) is 1.22. The minimum absolute atomic E-state index is 0. The Morgan fingerprint density at radius 1 is 1.14 bits per heavy atom. The maximum atomic E-state index is 8.52. The van der Waals surface area contributed by atoms with Crippen LogP contribution in [0, 0.1) is 0 Å². The fourth-order valence-electron chi connectivity index (χ4n) is 0. The van der Waals surface area contributed by atoms with Crippen LogP contribution in [0.1, 0.15) is 0 Å². The second kappa shape index (κ2) is 6.39. The van der Waals surface area contributed by atoms with E-state index in [1.807, 2.05) is 0 Å². The van der Waals surface area contributed by atoms with Gasteiger partial charge in [-0.1, -0.05) is 0 Å². The molecule has 0 radical (unpaired) electrons. The number of rotatable bonds is 0.